The van der Waals surface area contributed by atoms with Gasteiger partial charge in [-0.2, -0.15) is 5.10 Å². The Balaban J connectivity index is 1.45. The lowest BCUT2D eigenvalue weighted by molar-refractivity contribution is 0.0602. The number of benzene rings is 1. The second-order valence-corrected chi connectivity index (χ2v) is 9.37. The maximum absolute atomic E-state index is 13.5. The Morgan fingerprint density at radius 2 is 2.09 bits per heavy atom. The maximum atomic E-state index is 13.5. The molecule has 1 N–H and O–H groups in total. The first-order chi connectivity index (χ1) is 17.0. The molecule has 9 nitrogen and oxygen atoms in total. The van der Waals surface area contributed by atoms with Crippen molar-refractivity contribution in [1.82, 2.24) is 19.5 Å². The molecule has 3 atom stereocenters. The molecule has 4 heterocycles. The van der Waals surface area contributed by atoms with Crippen LogP contribution in [0, 0.1) is 12.8 Å². The molecule has 0 bridgehead atoms. The third-order valence-corrected chi connectivity index (χ3v) is 7.04. The minimum Gasteiger partial charge on any atom is -0.496 e. The van der Waals surface area contributed by atoms with Crippen molar-refractivity contribution in [3.8, 4) is 5.75 Å². The Bertz CT molecular complexity index is 1260. The van der Waals surface area contributed by atoms with Gasteiger partial charge in [0.15, 0.2) is 5.65 Å². The van der Waals surface area contributed by atoms with Gasteiger partial charge in [0, 0.05) is 56.6 Å². The molecular weight excluding hydrogens is 444 g/mol. The zero-order chi connectivity index (χ0) is 24.5. The van der Waals surface area contributed by atoms with Crippen molar-refractivity contribution < 1.29 is 14.6 Å². The molecular formula is C26H32N6O3. The van der Waals surface area contributed by atoms with Crippen molar-refractivity contribution >= 4 is 23.6 Å². The number of fused-ring (bicyclic) bond motifs is 1. The molecule has 2 aliphatic rings. The lowest BCUT2D eigenvalue weighted by Crippen LogP contribution is -2.38. The van der Waals surface area contributed by atoms with Crippen LogP contribution in [0.2, 0.25) is 0 Å². The molecule has 184 valence electrons. The van der Waals surface area contributed by atoms with Gasteiger partial charge in [0.1, 0.15) is 11.6 Å². The van der Waals surface area contributed by atoms with Crippen LogP contribution in [-0.2, 0) is 0 Å². The summed E-state index contributed by atoms with van der Waals surface area (Å²) in [5, 5.41) is 15.3. The van der Waals surface area contributed by atoms with Gasteiger partial charge in [-0.3, -0.25) is 4.79 Å². The summed E-state index contributed by atoms with van der Waals surface area (Å²) in [6.07, 6.45) is 6.18. The first kappa shape index (κ1) is 23.3. The maximum Gasteiger partial charge on any atom is 0.258 e. The number of methoxy groups -OCH3 is 1. The van der Waals surface area contributed by atoms with E-state index in [1.54, 1.807) is 18.7 Å². The van der Waals surface area contributed by atoms with Gasteiger partial charge in [-0.05, 0) is 38.3 Å². The fraction of sp³-hybridized carbons (Fsp3) is 0.462. The fourth-order valence-electron chi connectivity index (χ4n) is 5.28. The van der Waals surface area contributed by atoms with Gasteiger partial charge in [0.05, 0.1) is 30.5 Å². The normalized spacial score (nSPS) is 22.9. The Hall–Kier alpha value is -3.46. The molecule has 0 spiro atoms. The number of likely N-dealkylation sites (tertiary alicyclic amines) is 1. The molecule has 35 heavy (non-hydrogen) atoms. The minimum absolute atomic E-state index is 0.00492. The summed E-state index contributed by atoms with van der Waals surface area (Å²) in [6.45, 7) is 3.88. The summed E-state index contributed by atoms with van der Waals surface area (Å²) in [5.41, 5.74) is 3.13. The molecule has 2 saturated heterocycles. The van der Waals surface area contributed by atoms with Crippen LogP contribution in [0.1, 0.15) is 46.9 Å². The first-order valence-corrected chi connectivity index (χ1v) is 12.2. The van der Waals surface area contributed by atoms with Crippen molar-refractivity contribution in [3.63, 3.8) is 0 Å². The van der Waals surface area contributed by atoms with E-state index < -0.39 is 6.10 Å². The minimum atomic E-state index is -0.464. The van der Waals surface area contributed by atoms with Crippen LogP contribution >= 0.6 is 0 Å². The van der Waals surface area contributed by atoms with Crippen LogP contribution in [0.25, 0.3) is 5.65 Å². The number of aliphatic hydroxyl groups is 1. The zero-order valence-corrected chi connectivity index (χ0v) is 20.5. The molecule has 3 unspecified atom stereocenters. The number of aryl methyl sites for hydroxylation is 1. The van der Waals surface area contributed by atoms with E-state index in [-0.39, 0.29) is 17.9 Å². The standard InChI is InChI=1S/C26H32N6O3/c1-17-14-32-24(28-25(17)30-15-18(13-27-2)22(33)16-30)12-20(29-32)21-9-6-7-11-31(21)26(34)19-8-4-5-10-23(19)35-3/h4-5,8,10,12-14,18,21-22,33H,6-7,9,11,15-16H2,1-3H3. The number of amides is 1. The van der Waals surface area contributed by atoms with Crippen molar-refractivity contribution in [1.29, 1.82) is 0 Å². The molecule has 1 amide bonds. The summed E-state index contributed by atoms with van der Waals surface area (Å²) < 4.78 is 7.24. The molecule has 5 rings (SSSR count). The molecule has 2 aromatic heterocycles. The van der Waals surface area contributed by atoms with E-state index in [4.69, 9.17) is 14.8 Å². The van der Waals surface area contributed by atoms with E-state index in [0.717, 1.165) is 42.0 Å². The van der Waals surface area contributed by atoms with Crippen LogP contribution in [0.15, 0.2) is 41.5 Å². The number of piperidine rings is 1. The molecule has 1 aromatic carbocycles. The van der Waals surface area contributed by atoms with Gasteiger partial charge in [-0.15, -0.1) is 0 Å². The summed E-state index contributed by atoms with van der Waals surface area (Å²) >= 11 is 0. The number of para-hydroxylation sites is 1. The highest BCUT2D eigenvalue weighted by atomic mass is 16.5. The number of hydrogen-bond donors (Lipinski definition) is 1. The van der Waals surface area contributed by atoms with Crippen LogP contribution in [0.3, 0.4) is 0 Å². The number of ether oxygens (including phenoxy) is 1. The number of aromatic nitrogens is 3. The van der Waals surface area contributed by atoms with Crippen LogP contribution < -0.4 is 9.64 Å². The van der Waals surface area contributed by atoms with E-state index in [9.17, 15) is 9.90 Å². The fourth-order valence-corrected chi connectivity index (χ4v) is 5.28. The summed E-state index contributed by atoms with van der Waals surface area (Å²) in [6, 6.07) is 9.23. The van der Waals surface area contributed by atoms with E-state index in [0.29, 0.717) is 30.9 Å². The average Bonchev–Trinajstić information content (AvgIpc) is 3.46. The highest BCUT2D eigenvalue weighted by Gasteiger charge is 2.33. The third kappa shape index (κ3) is 4.36. The summed E-state index contributed by atoms with van der Waals surface area (Å²) in [7, 11) is 3.32. The zero-order valence-electron chi connectivity index (χ0n) is 20.5. The van der Waals surface area contributed by atoms with Gasteiger partial charge in [0.25, 0.3) is 5.91 Å². The van der Waals surface area contributed by atoms with E-state index >= 15 is 0 Å². The lowest BCUT2D eigenvalue weighted by Gasteiger charge is -2.35. The second kappa shape index (κ2) is 9.65. The van der Waals surface area contributed by atoms with Crippen molar-refractivity contribution in [2.24, 2.45) is 10.9 Å². The topological polar surface area (TPSA) is 95.6 Å². The highest BCUT2D eigenvalue weighted by molar-refractivity contribution is 5.97. The number of rotatable bonds is 5. The Morgan fingerprint density at radius 1 is 1.26 bits per heavy atom. The number of carbonyl (C=O) groups excluding carboxylic acids is 1. The molecule has 0 aliphatic carbocycles. The first-order valence-electron chi connectivity index (χ1n) is 12.2. The number of aliphatic hydroxyl groups excluding tert-OH is 1. The number of aliphatic imine (C=N–C) groups is 1. The number of β-amino-alcohol motifs (C(OH)–C–C–N with tert-alkyl or cyclic N) is 1. The van der Waals surface area contributed by atoms with Crippen molar-refractivity contribution in [2.45, 2.75) is 38.3 Å². The smallest absolute Gasteiger partial charge is 0.258 e. The van der Waals surface area contributed by atoms with Crippen molar-refractivity contribution in [2.75, 3.05) is 38.7 Å². The van der Waals surface area contributed by atoms with Crippen LogP contribution in [0.4, 0.5) is 5.82 Å². The largest absolute Gasteiger partial charge is 0.496 e. The molecule has 0 radical (unpaired) electrons. The highest BCUT2D eigenvalue weighted by Crippen LogP contribution is 2.34. The summed E-state index contributed by atoms with van der Waals surface area (Å²) in [5.74, 6) is 1.39. The second-order valence-electron chi connectivity index (χ2n) is 9.37. The number of anilines is 1. The number of nitrogens with zero attached hydrogens (tertiary/aromatic N) is 6. The van der Waals surface area contributed by atoms with E-state index in [2.05, 4.69) is 9.89 Å². The molecule has 2 aliphatic heterocycles. The molecule has 0 saturated carbocycles. The average molecular weight is 477 g/mol. The lowest BCUT2D eigenvalue weighted by atomic mass is 9.98. The molecule has 2 fully saturated rings. The van der Waals surface area contributed by atoms with Gasteiger partial charge in [0.2, 0.25) is 0 Å². The molecule has 9 heteroatoms. The number of hydrogen-bond acceptors (Lipinski definition) is 7. The summed E-state index contributed by atoms with van der Waals surface area (Å²) in [4.78, 5) is 26.6. The van der Waals surface area contributed by atoms with E-state index in [1.807, 2.05) is 54.6 Å². The van der Waals surface area contributed by atoms with Gasteiger partial charge < -0.3 is 24.6 Å². The van der Waals surface area contributed by atoms with Crippen molar-refractivity contribution in [3.05, 3.63) is 53.3 Å². The Kier molecular flexibility index (Phi) is 6.42. The van der Waals surface area contributed by atoms with Crippen LogP contribution in [-0.4, -0.2) is 76.6 Å². The molecule has 3 aromatic rings. The SMILES string of the molecule is CN=CC1CN(c2nc3cc(C4CCCCN4C(=O)c4ccccc4OC)nn3cc2C)CC1O. The van der Waals surface area contributed by atoms with E-state index in [1.165, 1.54) is 0 Å². The Labute approximate surface area is 205 Å². The predicted molar refractivity (Wildman–Crippen MR) is 134 cm³/mol. The monoisotopic (exact) mass is 476 g/mol. The quantitative estimate of drug-likeness (QED) is 0.569. The number of carbonyl (C=O) groups is 1. The predicted octanol–water partition coefficient (Wildman–Crippen LogP) is 2.91. The third-order valence-electron chi connectivity index (χ3n) is 7.04. The van der Waals surface area contributed by atoms with Gasteiger partial charge in [-0.25, -0.2) is 9.50 Å². The Morgan fingerprint density at radius 3 is 2.89 bits per heavy atom. The van der Waals surface area contributed by atoms with Crippen LogP contribution in [0.5, 0.6) is 5.75 Å². The van der Waals surface area contributed by atoms with Gasteiger partial charge >= 0.3 is 0 Å². The van der Waals surface area contributed by atoms with Gasteiger partial charge in [-0.1, -0.05) is 12.1 Å².